The van der Waals surface area contributed by atoms with Crippen molar-refractivity contribution in [2.24, 2.45) is 0 Å². The minimum absolute atomic E-state index is 0.152. The van der Waals surface area contributed by atoms with E-state index in [2.05, 4.69) is 15.5 Å². The van der Waals surface area contributed by atoms with Gasteiger partial charge in [-0.15, -0.1) is 11.3 Å². The monoisotopic (exact) mass is 546 g/mol. The SMILES string of the molecule is O=C1CCC(C(=O)Nc2cc(N3C[C@@H](CNC(=O)c4ccc(Cl)s4)OC3=O)ccc2N2CCCCC2)O1. The van der Waals surface area contributed by atoms with Crippen LogP contribution in [0.5, 0.6) is 0 Å². The zero-order valence-electron chi connectivity index (χ0n) is 20.0. The number of nitrogens with one attached hydrogen (secondary N) is 2. The Hall–Kier alpha value is -3.31. The summed E-state index contributed by atoms with van der Waals surface area (Å²) in [6.45, 7) is 2.12. The highest BCUT2D eigenvalue weighted by atomic mass is 35.5. The van der Waals surface area contributed by atoms with E-state index in [0.29, 0.717) is 27.0 Å². The Morgan fingerprint density at radius 1 is 1.08 bits per heavy atom. The second kappa shape index (κ2) is 11.0. The van der Waals surface area contributed by atoms with Crippen LogP contribution < -0.4 is 20.4 Å². The summed E-state index contributed by atoms with van der Waals surface area (Å²) in [5.41, 5.74) is 1.96. The Morgan fingerprint density at radius 3 is 2.59 bits per heavy atom. The first-order chi connectivity index (χ1) is 17.9. The fourth-order valence-electron chi connectivity index (χ4n) is 4.69. The van der Waals surface area contributed by atoms with Crippen LogP contribution in [-0.2, 0) is 19.1 Å². The highest BCUT2D eigenvalue weighted by Gasteiger charge is 2.34. The minimum atomic E-state index is -0.826. The van der Waals surface area contributed by atoms with Crippen LogP contribution in [0.2, 0.25) is 4.34 Å². The predicted molar refractivity (Wildman–Crippen MR) is 140 cm³/mol. The maximum Gasteiger partial charge on any atom is 0.414 e. The fourth-order valence-corrected chi connectivity index (χ4v) is 5.65. The first-order valence-electron chi connectivity index (χ1n) is 12.3. The summed E-state index contributed by atoms with van der Waals surface area (Å²) in [6.07, 6.45) is 1.92. The number of hydrogen-bond acceptors (Lipinski definition) is 8. The van der Waals surface area contributed by atoms with Crippen LogP contribution >= 0.6 is 22.9 Å². The van der Waals surface area contributed by atoms with Crippen molar-refractivity contribution in [3.63, 3.8) is 0 Å². The van der Waals surface area contributed by atoms with E-state index in [1.807, 2.05) is 12.1 Å². The van der Waals surface area contributed by atoms with Gasteiger partial charge in [-0.05, 0) is 49.6 Å². The number of nitrogens with zero attached hydrogens (tertiary/aromatic N) is 2. The van der Waals surface area contributed by atoms with Gasteiger partial charge in [-0.1, -0.05) is 11.6 Å². The number of carbonyl (C=O) groups is 4. The molecule has 5 rings (SSSR count). The molecule has 3 fully saturated rings. The lowest BCUT2D eigenvalue weighted by Crippen LogP contribution is -2.34. The predicted octanol–water partition coefficient (Wildman–Crippen LogP) is 3.79. The molecular weight excluding hydrogens is 520 g/mol. The first kappa shape index (κ1) is 25.3. The number of cyclic esters (lactones) is 2. The van der Waals surface area contributed by atoms with E-state index >= 15 is 0 Å². The standard InChI is InChI=1S/C25H27ClN4O6S/c26-21-8-7-20(37-21)24(33)27-13-16-14-30(25(34)35-16)15-4-5-18(29-10-2-1-3-11-29)17(12-15)28-23(32)19-6-9-22(31)36-19/h4-5,7-8,12,16,19H,1-3,6,9-11,13-14H2,(H,27,33)(H,28,32)/t16-,19?/m1/s1. The molecule has 12 heteroatoms. The number of halogens is 1. The minimum Gasteiger partial charge on any atom is -0.452 e. The van der Waals surface area contributed by atoms with Crippen LogP contribution in [-0.4, -0.2) is 62.3 Å². The van der Waals surface area contributed by atoms with Gasteiger partial charge in [0.25, 0.3) is 11.8 Å². The molecule has 10 nitrogen and oxygen atoms in total. The van der Waals surface area contributed by atoms with Crippen LogP contribution in [0.1, 0.15) is 41.8 Å². The third-order valence-electron chi connectivity index (χ3n) is 6.58. The summed E-state index contributed by atoms with van der Waals surface area (Å²) in [4.78, 5) is 53.5. The molecule has 1 unspecified atom stereocenters. The van der Waals surface area contributed by atoms with E-state index in [4.69, 9.17) is 21.1 Å². The number of esters is 1. The number of piperidine rings is 1. The molecule has 3 aliphatic heterocycles. The van der Waals surface area contributed by atoms with Crippen molar-refractivity contribution < 1.29 is 28.7 Å². The lowest BCUT2D eigenvalue weighted by molar-refractivity contribution is -0.146. The molecule has 0 saturated carbocycles. The van der Waals surface area contributed by atoms with E-state index in [0.717, 1.165) is 38.0 Å². The molecule has 2 aromatic rings. The van der Waals surface area contributed by atoms with Crippen molar-refractivity contribution >= 4 is 63.9 Å². The van der Waals surface area contributed by atoms with E-state index in [1.165, 1.54) is 16.2 Å². The molecule has 2 atom stereocenters. The van der Waals surface area contributed by atoms with Gasteiger partial charge in [0, 0.05) is 31.6 Å². The van der Waals surface area contributed by atoms with Crippen molar-refractivity contribution in [2.45, 2.75) is 44.3 Å². The van der Waals surface area contributed by atoms with E-state index in [-0.39, 0.29) is 37.3 Å². The number of benzene rings is 1. The van der Waals surface area contributed by atoms with Gasteiger partial charge >= 0.3 is 12.1 Å². The summed E-state index contributed by atoms with van der Waals surface area (Å²) in [5.74, 6) is -1.06. The van der Waals surface area contributed by atoms with Crippen molar-refractivity contribution in [1.82, 2.24) is 5.32 Å². The molecule has 1 aromatic carbocycles. The van der Waals surface area contributed by atoms with Gasteiger partial charge in [0.05, 0.1) is 33.7 Å². The molecule has 3 saturated heterocycles. The Bertz CT molecular complexity index is 1210. The smallest absolute Gasteiger partial charge is 0.414 e. The van der Waals surface area contributed by atoms with E-state index in [1.54, 1.807) is 18.2 Å². The van der Waals surface area contributed by atoms with E-state index in [9.17, 15) is 19.2 Å². The second-order valence-corrected chi connectivity index (χ2v) is 10.9. The van der Waals surface area contributed by atoms with Crippen LogP contribution in [0.4, 0.5) is 21.9 Å². The number of amides is 3. The molecule has 3 aliphatic rings. The molecule has 1 aromatic heterocycles. The normalized spacial score (nSPS) is 21.5. The number of ether oxygens (including phenoxy) is 2. The van der Waals surface area contributed by atoms with Gasteiger partial charge in [0.2, 0.25) is 0 Å². The van der Waals surface area contributed by atoms with Crippen LogP contribution in [0.25, 0.3) is 0 Å². The maximum atomic E-state index is 12.9. The van der Waals surface area contributed by atoms with Crippen LogP contribution in [0.15, 0.2) is 30.3 Å². The summed E-state index contributed by atoms with van der Waals surface area (Å²) in [5, 5.41) is 5.69. The third-order valence-corrected chi connectivity index (χ3v) is 7.81. The molecule has 37 heavy (non-hydrogen) atoms. The Labute approximate surface area is 222 Å². The fraction of sp³-hybridized carbons (Fsp3) is 0.440. The van der Waals surface area contributed by atoms with E-state index < -0.39 is 18.3 Å². The summed E-state index contributed by atoms with van der Waals surface area (Å²) < 4.78 is 11.1. The topological polar surface area (TPSA) is 117 Å². The van der Waals surface area contributed by atoms with Gasteiger partial charge in [0.1, 0.15) is 6.10 Å². The zero-order chi connectivity index (χ0) is 25.9. The molecule has 0 aliphatic carbocycles. The highest BCUT2D eigenvalue weighted by Crippen LogP contribution is 2.34. The summed E-state index contributed by atoms with van der Waals surface area (Å²) in [7, 11) is 0. The Morgan fingerprint density at radius 2 is 1.89 bits per heavy atom. The quantitative estimate of drug-likeness (QED) is 0.507. The van der Waals surface area contributed by atoms with Gasteiger partial charge in [0.15, 0.2) is 6.10 Å². The summed E-state index contributed by atoms with van der Waals surface area (Å²) in [6, 6.07) is 8.75. The average molecular weight is 547 g/mol. The van der Waals surface area contributed by atoms with Gasteiger partial charge in [-0.3, -0.25) is 19.3 Å². The largest absolute Gasteiger partial charge is 0.452 e. The van der Waals surface area contributed by atoms with Gasteiger partial charge in [-0.2, -0.15) is 0 Å². The maximum absolute atomic E-state index is 12.9. The zero-order valence-corrected chi connectivity index (χ0v) is 21.6. The number of thiophene rings is 1. The van der Waals surface area contributed by atoms with Gasteiger partial charge < -0.3 is 25.0 Å². The molecule has 3 amide bonds. The Kier molecular flexibility index (Phi) is 7.52. The number of hydrogen-bond donors (Lipinski definition) is 2. The molecule has 0 bridgehead atoms. The van der Waals surface area contributed by atoms with Crippen LogP contribution in [0.3, 0.4) is 0 Å². The average Bonchev–Trinajstić information content (AvgIpc) is 3.63. The Balaban J connectivity index is 1.30. The first-order valence-corrected chi connectivity index (χ1v) is 13.5. The molecule has 196 valence electrons. The van der Waals surface area contributed by atoms with Gasteiger partial charge in [-0.25, -0.2) is 4.79 Å². The third kappa shape index (κ3) is 5.83. The second-order valence-electron chi connectivity index (χ2n) is 9.19. The molecular formula is C25H27ClN4O6S. The highest BCUT2D eigenvalue weighted by molar-refractivity contribution is 7.18. The number of anilines is 3. The van der Waals surface area contributed by atoms with Crippen molar-refractivity contribution in [1.29, 1.82) is 0 Å². The summed E-state index contributed by atoms with van der Waals surface area (Å²) >= 11 is 7.07. The molecule has 0 radical (unpaired) electrons. The number of carbonyl (C=O) groups excluding carboxylic acids is 4. The molecule has 0 spiro atoms. The van der Waals surface area contributed by atoms with Crippen molar-refractivity contribution in [3.8, 4) is 0 Å². The number of rotatable bonds is 7. The lowest BCUT2D eigenvalue weighted by atomic mass is 10.1. The lowest BCUT2D eigenvalue weighted by Gasteiger charge is -2.31. The molecule has 4 heterocycles. The molecule has 2 N–H and O–H groups in total. The van der Waals surface area contributed by atoms with Crippen molar-refractivity contribution in [2.75, 3.05) is 41.3 Å². The van der Waals surface area contributed by atoms with Crippen LogP contribution in [0, 0.1) is 0 Å². The van der Waals surface area contributed by atoms with Crippen molar-refractivity contribution in [3.05, 3.63) is 39.5 Å².